The zero-order chi connectivity index (χ0) is 20.8. The number of fused-ring (bicyclic) bond motifs is 2. The zero-order valence-electron chi connectivity index (χ0n) is 15.6. The Kier molecular flexibility index (Phi) is 4.06. The number of nitro groups is 1. The Hall–Kier alpha value is -4.06. The van der Waals surface area contributed by atoms with Gasteiger partial charge in [-0.1, -0.05) is 66.7 Å². The van der Waals surface area contributed by atoms with Crippen LogP contribution in [0.1, 0.15) is 37.8 Å². The van der Waals surface area contributed by atoms with Gasteiger partial charge >= 0.3 is 0 Å². The van der Waals surface area contributed by atoms with E-state index in [4.69, 9.17) is 4.74 Å². The van der Waals surface area contributed by atoms with Gasteiger partial charge in [0.1, 0.15) is 5.76 Å². The number of Topliss-reactive ketones (excluding diaryl/α,β-unsaturated/α-hetero) is 2. The molecule has 0 radical (unpaired) electrons. The van der Waals surface area contributed by atoms with E-state index in [1.54, 1.807) is 54.6 Å². The number of nitro benzene ring substituents is 1. The summed E-state index contributed by atoms with van der Waals surface area (Å²) in [4.78, 5) is 37.0. The second-order valence-corrected chi connectivity index (χ2v) is 7.21. The van der Waals surface area contributed by atoms with Crippen molar-refractivity contribution < 1.29 is 19.2 Å². The molecular formula is C24H15NO5. The second kappa shape index (κ2) is 6.77. The average molecular weight is 397 g/mol. The quantitative estimate of drug-likeness (QED) is 0.366. The van der Waals surface area contributed by atoms with Gasteiger partial charge in [-0.05, 0) is 5.56 Å². The largest absolute Gasteiger partial charge is 0.480 e. The van der Waals surface area contributed by atoms with Crippen molar-refractivity contribution in [1.29, 1.82) is 0 Å². The van der Waals surface area contributed by atoms with E-state index in [0.717, 1.165) is 0 Å². The lowest BCUT2D eigenvalue weighted by Gasteiger charge is -2.22. The van der Waals surface area contributed by atoms with Crippen LogP contribution in [0, 0.1) is 10.1 Å². The van der Waals surface area contributed by atoms with Gasteiger partial charge in [0, 0.05) is 28.8 Å². The van der Waals surface area contributed by atoms with Crippen LogP contribution < -0.4 is 0 Å². The van der Waals surface area contributed by atoms with E-state index in [-0.39, 0.29) is 17.3 Å². The summed E-state index contributed by atoms with van der Waals surface area (Å²) >= 11 is 0. The fourth-order valence-electron chi connectivity index (χ4n) is 4.14. The van der Waals surface area contributed by atoms with Gasteiger partial charge in [-0.3, -0.25) is 19.7 Å². The van der Waals surface area contributed by atoms with Gasteiger partial charge in [0.2, 0.25) is 5.78 Å². The van der Waals surface area contributed by atoms with E-state index in [1.807, 2.05) is 12.1 Å². The third-order valence-corrected chi connectivity index (χ3v) is 5.54. The van der Waals surface area contributed by atoms with E-state index in [1.165, 1.54) is 12.1 Å². The Morgan fingerprint density at radius 2 is 1.50 bits per heavy atom. The highest BCUT2D eigenvalue weighted by Gasteiger charge is 2.49. The van der Waals surface area contributed by atoms with Crippen LogP contribution in [0.15, 0.2) is 84.4 Å². The van der Waals surface area contributed by atoms with Crippen LogP contribution in [0.2, 0.25) is 0 Å². The summed E-state index contributed by atoms with van der Waals surface area (Å²) in [6, 6.07) is 21.8. The van der Waals surface area contributed by atoms with Crippen molar-refractivity contribution in [3.8, 4) is 0 Å². The number of carbonyl (C=O) groups is 2. The fraction of sp³-hybridized carbons (Fsp3) is 0.0833. The normalized spacial score (nSPS) is 19.3. The van der Waals surface area contributed by atoms with E-state index in [2.05, 4.69) is 0 Å². The fourth-order valence-corrected chi connectivity index (χ4v) is 4.14. The number of carbonyl (C=O) groups excluding carboxylic acids is 2. The highest BCUT2D eigenvalue weighted by atomic mass is 16.6. The molecule has 0 N–H and O–H groups in total. The summed E-state index contributed by atoms with van der Waals surface area (Å²) in [5.74, 6) is -0.632. The molecular weight excluding hydrogens is 382 g/mol. The number of benzene rings is 3. The molecule has 2 atom stereocenters. The standard InChI is InChI=1S/C24H15NO5/c26-21(15-6-2-1-3-7-15)24-19(14-10-12-16(13-11-14)25(28)29)20-22(27)17-8-4-5-9-18(17)23(20)30-24/h1-13,19,24H/t19-,24-/m1/s1. The van der Waals surface area contributed by atoms with E-state index >= 15 is 0 Å². The molecule has 6 heteroatoms. The van der Waals surface area contributed by atoms with Crippen molar-refractivity contribution in [2.24, 2.45) is 0 Å². The van der Waals surface area contributed by atoms with Crippen molar-refractivity contribution >= 4 is 23.0 Å². The van der Waals surface area contributed by atoms with Crippen LogP contribution >= 0.6 is 0 Å². The number of hydrogen-bond acceptors (Lipinski definition) is 5. The number of nitrogens with zero attached hydrogens (tertiary/aromatic N) is 1. The molecule has 0 bridgehead atoms. The minimum atomic E-state index is -0.920. The molecule has 0 spiro atoms. The van der Waals surface area contributed by atoms with Crippen molar-refractivity contribution in [1.82, 2.24) is 0 Å². The number of hydrogen-bond donors (Lipinski definition) is 0. The van der Waals surface area contributed by atoms with E-state index < -0.39 is 16.9 Å². The van der Waals surface area contributed by atoms with Crippen molar-refractivity contribution in [3.63, 3.8) is 0 Å². The molecule has 0 amide bonds. The van der Waals surface area contributed by atoms with Gasteiger partial charge in [0.25, 0.3) is 5.69 Å². The molecule has 2 aliphatic rings. The van der Waals surface area contributed by atoms with Crippen LogP contribution in [0.3, 0.4) is 0 Å². The third kappa shape index (κ3) is 2.65. The molecule has 146 valence electrons. The molecule has 3 aromatic carbocycles. The van der Waals surface area contributed by atoms with Crippen molar-refractivity contribution in [2.75, 3.05) is 0 Å². The Bertz CT molecular complexity index is 1230. The maximum Gasteiger partial charge on any atom is 0.269 e. The van der Waals surface area contributed by atoms with Crippen LogP contribution in [0.5, 0.6) is 0 Å². The minimum Gasteiger partial charge on any atom is -0.480 e. The smallest absolute Gasteiger partial charge is 0.269 e. The third-order valence-electron chi connectivity index (χ3n) is 5.54. The van der Waals surface area contributed by atoms with Crippen molar-refractivity contribution in [2.45, 2.75) is 12.0 Å². The first-order valence-electron chi connectivity index (χ1n) is 9.45. The molecule has 5 rings (SSSR count). The Balaban J connectivity index is 1.63. The van der Waals surface area contributed by atoms with Crippen molar-refractivity contribution in [3.05, 3.63) is 117 Å². The number of rotatable bonds is 4. The van der Waals surface area contributed by atoms with E-state index in [9.17, 15) is 19.7 Å². The molecule has 1 aliphatic carbocycles. The van der Waals surface area contributed by atoms with Gasteiger partial charge in [-0.15, -0.1) is 0 Å². The van der Waals surface area contributed by atoms with Gasteiger partial charge in [-0.25, -0.2) is 0 Å². The van der Waals surface area contributed by atoms with Crippen LogP contribution in [0.25, 0.3) is 5.76 Å². The molecule has 30 heavy (non-hydrogen) atoms. The molecule has 0 fully saturated rings. The average Bonchev–Trinajstić information content (AvgIpc) is 3.30. The number of non-ortho nitro benzene ring substituents is 1. The minimum absolute atomic E-state index is 0.0566. The Morgan fingerprint density at radius 1 is 0.867 bits per heavy atom. The van der Waals surface area contributed by atoms with Crippen LogP contribution in [0.4, 0.5) is 5.69 Å². The number of ketones is 2. The first-order chi connectivity index (χ1) is 14.6. The summed E-state index contributed by atoms with van der Waals surface area (Å²) in [6.07, 6.45) is -0.920. The summed E-state index contributed by atoms with van der Waals surface area (Å²) in [6.45, 7) is 0. The lowest BCUT2D eigenvalue weighted by atomic mass is 9.83. The summed E-state index contributed by atoms with van der Waals surface area (Å²) in [7, 11) is 0. The van der Waals surface area contributed by atoms with Crippen LogP contribution in [-0.4, -0.2) is 22.6 Å². The summed E-state index contributed by atoms with van der Waals surface area (Å²) in [5, 5.41) is 11.0. The lowest BCUT2D eigenvalue weighted by Crippen LogP contribution is -2.29. The summed E-state index contributed by atoms with van der Waals surface area (Å²) < 4.78 is 6.12. The predicted octanol–water partition coefficient (Wildman–Crippen LogP) is 4.57. The molecule has 6 nitrogen and oxygen atoms in total. The maximum absolute atomic E-state index is 13.3. The molecule has 0 unspecified atom stereocenters. The summed E-state index contributed by atoms with van der Waals surface area (Å²) in [5.41, 5.74) is 2.70. The first-order valence-corrected chi connectivity index (χ1v) is 9.45. The first kappa shape index (κ1) is 18.0. The molecule has 0 saturated heterocycles. The highest BCUT2D eigenvalue weighted by Crippen LogP contribution is 2.50. The van der Waals surface area contributed by atoms with Gasteiger partial charge in [0.05, 0.1) is 16.4 Å². The second-order valence-electron chi connectivity index (χ2n) is 7.21. The Labute approximate surface area is 171 Å². The SMILES string of the molecule is O=C1C2=C(O[C@@H](C(=O)c3ccccc3)[C@@H]2c2ccc([N+](=O)[O-])cc2)c2ccccc21. The molecule has 3 aromatic rings. The topological polar surface area (TPSA) is 86.5 Å². The number of ether oxygens (including phenoxy) is 1. The molecule has 1 aliphatic heterocycles. The lowest BCUT2D eigenvalue weighted by molar-refractivity contribution is -0.384. The van der Waals surface area contributed by atoms with Gasteiger partial charge in [0.15, 0.2) is 11.9 Å². The van der Waals surface area contributed by atoms with Crippen LogP contribution in [-0.2, 0) is 4.74 Å². The highest BCUT2D eigenvalue weighted by molar-refractivity contribution is 6.22. The van der Waals surface area contributed by atoms with E-state index in [0.29, 0.717) is 33.6 Å². The molecule has 1 heterocycles. The Morgan fingerprint density at radius 3 is 2.17 bits per heavy atom. The maximum atomic E-state index is 13.3. The van der Waals surface area contributed by atoms with Gasteiger partial charge < -0.3 is 4.74 Å². The monoisotopic (exact) mass is 397 g/mol. The zero-order valence-corrected chi connectivity index (χ0v) is 15.6. The predicted molar refractivity (Wildman–Crippen MR) is 109 cm³/mol. The molecule has 0 saturated carbocycles. The molecule has 0 aromatic heterocycles. The van der Waals surface area contributed by atoms with Gasteiger partial charge in [-0.2, -0.15) is 0 Å².